The number of likely N-dealkylation sites (tertiary alicyclic amines) is 1. The van der Waals surface area contributed by atoms with Gasteiger partial charge in [0.05, 0.1) is 6.61 Å². The largest absolute Gasteiger partial charge is 0.493 e. The van der Waals surface area contributed by atoms with Gasteiger partial charge in [-0.3, -0.25) is 0 Å². The van der Waals surface area contributed by atoms with Crippen LogP contribution in [0.4, 0.5) is 0 Å². The highest BCUT2D eigenvalue weighted by atomic mass is 79.9. The van der Waals surface area contributed by atoms with E-state index < -0.39 is 0 Å². The maximum Gasteiger partial charge on any atom is 0.125 e. The van der Waals surface area contributed by atoms with Crippen LogP contribution in [0.1, 0.15) is 24.0 Å². The number of nitrogens with zero attached hydrogens (tertiary/aromatic N) is 1. The van der Waals surface area contributed by atoms with E-state index in [-0.39, 0.29) is 0 Å². The molecule has 0 amide bonds. The van der Waals surface area contributed by atoms with Gasteiger partial charge in [-0.25, -0.2) is 0 Å². The third-order valence-corrected chi connectivity index (χ3v) is 4.07. The molecule has 0 saturated carbocycles. The molecule has 2 rings (SSSR count). The Morgan fingerprint density at radius 2 is 2.00 bits per heavy atom. The molecule has 100 valence electrons. The van der Waals surface area contributed by atoms with E-state index >= 15 is 0 Å². The van der Waals surface area contributed by atoms with Crippen molar-refractivity contribution in [3.8, 4) is 5.75 Å². The smallest absolute Gasteiger partial charge is 0.125 e. The lowest BCUT2D eigenvalue weighted by Crippen LogP contribution is -2.34. The van der Waals surface area contributed by atoms with Crippen LogP contribution < -0.4 is 4.74 Å². The predicted octanol–water partition coefficient (Wildman–Crippen LogP) is 3.79. The average Bonchev–Trinajstić information content (AvgIpc) is 2.27. The fraction of sp³-hybridized carbons (Fsp3) is 0.600. The van der Waals surface area contributed by atoms with E-state index in [0.29, 0.717) is 5.92 Å². The minimum Gasteiger partial charge on any atom is -0.493 e. The molecule has 0 bridgehead atoms. The lowest BCUT2D eigenvalue weighted by atomic mass is 9.99. The minimum absolute atomic E-state index is 0.672. The van der Waals surface area contributed by atoms with Crippen molar-refractivity contribution in [2.24, 2.45) is 5.92 Å². The molecule has 0 spiro atoms. The number of piperidine rings is 1. The summed E-state index contributed by atoms with van der Waals surface area (Å²) in [6.45, 7) is 7.45. The first-order valence-corrected chi connectivity index (χ1v) is 7.43. The second kappa shape index (κ2) is 6.07. The summed E-state index contributed by atoms with van der Waals surface area (Å²) in [6, 6.07) is 4.24. The van der Waals surface area contributed by atoms with Gasteiger partial charge in [0.25, 0.3) is 0 Å². The van der Waals surface area contributed by atoms with E-state index in [2.05, 4.69) is 53.9 Å². The molecule has 0 aliphatic carbocycles. The number of halogens is 1. The summed E-state index contributed by atoms with van der Waals surface area (Å²) in [5.41, 5.74) is 2.43. The molecule has 0 aromatic heterocycles. The third-order valence-electron chi connectivity index (χ3n) is 3.61. The van der Waals surface area contributed by atoms with Gasteiger partial charge in [0.15, 0.2) is 0 Å². The Bertz CT molecular complexity index is 396. The van der Waals surface area contributed by atoms with Crippen LogP contribution in [0, 0.1) is 19.8 Å². The van der Waals surface area contributed by atoms with Gasteiger partial charge in [0, 0.05) is 16.9 Å². The van der Waals surface area contributed by atoms with Crippen molar-refractivity contribution in [1.29, 1.82) is 0 Å². The van der Waals surface area contributed by atoms with Crippen LogP contribution >= 0.6 is 15.9 Å². The summed E-state index contributed by atoms with van der Waals surface area (Å²) >= 11 is 3.52. The van der Waals surface area contributed by atoms with Crippen LogP contribution in [0.5, 0.6) is 5.75 Å². The first-order chi connectivity index (χ1) is 8.56. The third kappa shape index (κ3) is 3.48. The minimum atomic E-state index is 0.672. The molecule has 1 atom stereocenters. The number of aryl methyl sites for hydroxylation is 2. The standard InChI is InChI=1S/C15H22BrNO/c1-11-7-14(16)8-12(2)15(11)18-10-13-5-4-6-17(3)9-13/h7-8,13H,4-6,9-10H2,1-3H3/t13-/m0/s1. The first kappa shape index (κ1) is 13.9. The number of hydrogen-bond acceptors (Lipinski definition) is 2. The van der Waals surface area contributed by atoms with Crippen molar-refractivity contribution in [3.05, 3.63) is 27.7 Å². The highest BCUT2D eigenvalue weighted by molar-refractivity contribution is 9.10. The molecule has 1 aliphatic heterocycles. The summed E-state index contributed by atoms with van der Waals surface area (Å²) in [5, 5.41) is 0. The Labute approximate surface area is 118 Å². The Kier molecular flexibility index (Phi) is 4.68. The van der Waals surface area contributed by atoms with Gasteiger partial charge in [0.2, 0.25) is 0 Å². The van der Waals surface area contributed by atoms with E-state index in [9.17, 15) is 0 Å². The fourth-order valence-electron chi connectivity index (χ4n) is 2.74. The summed E-state index contributed by atoms with van der Waals surface area (Å²) in [7, 11) is 2.20. The maximum absolute atomic E-state index is 6.06. The zero-order valence-corrected chi connectivity index (χ0v) is 13.1. The predicted molar refractivity (Wildman–Crippen MR) is 79.3 cm³/mol. The zero-order chi connectivity index (χ0) is 13.1. The van der Waals surface area contributed by atoms with E-state index in [1.54, 1.807) is 0 Å². The lowest BCUT2D eigenvalue weighted by molar-refractivity contribution is 0.149. The van der Waals surface area contributed by atoms with Gasteiger partial charge in [0.1, 0.15) is 5.75 Å². The molecule has 1 aromatic rings. The van der Waals surface area contributed by atoms with Crippen molar-refractivity contribution >= 4 is 15.9 Å². The molecule has 0 radical (unpaired) electrons. The average molecular weight is 312 g/mol. The highest BCUT2D eigenvalue weighted by Gasteiger charge is 2.18. The monoisotopic (exact) mass is 311 g/mol. The summed E-state index contributed by atoms with van der Waals surface area (Å²) in [4.78, 5) is 2.40. The molecular formula is C15H22BrNO. The fourth-order valence-corrected chi connectivity index (χ4v) is 3.42. The molecule has 0 N–H and O–H groups in total. The highest BCUT2D eigenvalue weighted by Crippen LogP contribution is 2.28. The van der Waals surface area contributed by atoms with Gasteiger partial charge >= 0.3 is 0 Å². The van der Waals surface area contributed by atoms with Crippen molar-refractivity contribution in [1.82, 2.24) is 4.90 Å². The van der Waals surface area contributed by atoms with Crippen LogP contribution in [-0.2, 0) is 0 Å². The second-order valence-corrected chi connectivity index (χ2v) is 6.37. The Morgan fingerprint density at radius 1 is 1.33 bits per heavy atom. The molecule has 1 saturated heterocycles. The quantitative estimate of drug-likeness (QED) is 0.842. The Hall–Kier alpha value is -0.540. The van der Waals surface area contributed by atoms with Crippen molar-refractivity contribution in [2.75, 3.05) is 26.7 Å². The zero-order valence-electron chi connectivity index (χ0n) is 11.5. The molecule has 1 aromatic carbocycles. The van der Waals surface area contributed by atoms with Gasteiger partial charge < -0.3 is 9.64 Å². The number of hydrogen-bond donors (Lipinski definition) is 0. The van der Waals surface area contributed by atoms with Gasteiger partial charge in [-0.05, 0) is 63.5 Å². The molecule has 1 heterocycles. The van der Waals surface area contributed by atoms with Crippen LogP contribution in [0.25, 0.3) is 0 Å². The van der Waals surface area contributed by atoms with Crippen molar-refractivity contribution in [3.63, 3.8) is 0 Å². The number of benzene rings is 1. The molecule has 1 fully saturated rings. The maximum atomic E-state index is 6.06. The van der Waals surface area contributed by atoms with Gasteiger partial charge in [-0.1, -0.05) is 15.9 Å². The van der Waals surface area contributed by atoms with E-state index in [1.165, 1.54) is 30.5 Å². The van der Waals surface area contributed by atoms with Crippen LogP contribution in [0.15, 0.2) is 16.6 Å². The molecule has 0 unspecified atom stereocenters. The molecule has 3 heteroatoms. The second-order valence-electron chi connectivity index (χ2n) is 5.45. The van der Waals surface area contributed by atoms with E-state index in [0.717, 1.165) is 23.4 Å². The molecular weight excluding hydrogens is 290 g/mol. The molecule has 2 nitrogen and oxygen atoms in total. The summed E-state index contributed by atoms with van der Waals surface area (Å²) < 4.78 is 7.19. The van der Waals surface area contributed by atoms with Crippen molar-refractivity contribution < 1.29 is 4.74 Å². The van der Waals surface area contributed by atoms with Gasteiger partial charge in [-0.15, -0.1) is 0 Å². The SMILES string of the molecule is Cc1cc(Br)cc(C)c1OC[C@H]1CCCN(C)C1. The molecule has 1 aliphatic rings. The Balaban J connectivity index is 1.97. The first-order valence-electron chi connectivity index (χ1n) is 6.64. The Morgan fingerprint density at radius 3 is 2.61 bits per heavy atom. The van der Waals surface area contributed by atoms with E-state index in [4.69, 9.17) is 4.74 Å². The summed E-state index contributed by atoms with van der Waals surface area (Å²) in [6.07, 6.45) is 2.59. The number of ether oxygens (including phenoxy) is 1. The lowest BCUT2D eigenvalue weighted by Gasteiger charge is -2.29. The molecule has 18 heavy (non-hydrogen) atoms. The van der Waals surface area contributed by atoms with Crippen LogP contribution in [0.2, 0.25) is 0 Å². The van der Waals surface area contributed by atoms with Crippen molar-refractivity contribution in [2.45, 2.75) is 26.7 Å². The topological polar surface area (TPSA) is 12.5 Å². The summed E-state index contributed by atoms with van der Waals surface area (Å²) in [5.74, 6) is 1.73. The normalized spacial score (nSPS) is 21.0. The van der Waals surface area contributed by atoms with Crippen LogP contribution in [-0.4, -0.2) is 31.6 Å². The van der Waals surface area contributed by atoms with Gasteiger partial charge in [-0.2, -0.15) is 0 Å². The number of rotatable bonds is 3. The van der Waals surface area contributed by atoms with E-state index in [1.807, 2.05) is 0 Å². The van der Waals surface area contributed by atoms with Crippen LogP contribution in [0.3, 0.4) is 0 Å².